The highest BCUT2D eigenvalue weighted by Crippen LogP contribution is 2.20. The zero-order valence-corrected chi connectivity index (χ0v) is 12.6. The van der Waals surface area contributed by atoms with Crippen molar-refractivity contribution in [3.05, 3.63) is 64.2 Å². The number of thioether (sulfide) groups is 1. The molecular weight excluding hydrogens is 304 g/mol. The number of amides is 1. The molecule has 2 aromatic carbocycles. The van der Waals surface area contributed by atoms with Gasteiger partial charge in [0.15, 0.2) is 0 Å². The third-order valence-electron chi connectivity index (χ3n) is 2.88. The lowest BCUT2D eigenvalue weighted by atomic mass is 10.2. The molecule has 0 unspecified atom stereocenters. The van der Waals surface area contributed by atoms with Crippen molar-refractivity contribution < 1.29 is 14.5 Å². The van der Waals surface area contributed by atoms with Crippen molar-refractivity contribution in [1.82, 2.24) is 0 Å². The summed E-state index contributed by atoms with van der Waals surface area (Å²) in [6.07, 6.45) is 1.30. The fraction of sp³-hybridized carbons (Fsp3) is 0.133. The summed E-state index contributed by atoms with van der Waals surface area (Å²) in [4.78, 5) is 23.2. The topological polar surface area (TPSA) is 81.5 Å². The molecule has 0 aliphatic heterocycles. The summed E-state index contributed by atoms with van der Waals surface area (Å²) in [5, 5.41) is 13.4. The van der Waals surface area contributed by atoms with E-state index >= 15 is 0 Å². The van der Waals surface area contributed by atoms with Crippen LogP contribution in [0.3, 0.4) is 0 Å². The Hall–Kier alpha value is -2.54. The number of nitrogens with one attached hydrogen (secondary N) is 1. The van der Waals surface area contributed by atoms with Gasteiger partial charge >= 0.3 is 6.09 Å². The van der Waals surface area contributed by atoms with Crippen molar-refractivity contribution in [2.24, 2.45) is 0 Å². The zero-order valence-electron chi connectivity index (χ0n) is 11.8. The molecule has 114 valence electrons. The highest BCUT2D eigenvalue weighted by atomic mass is 32.2. The van der Waals surface area contributed by atoms with Gasteiger partial charge in [-0.1, -0.05) is 12.1 Å². The number of nitrogens with zero attached hydrogens (tertiary/aromatic N) is 1. The van der Waals surface area contributed by atoms with E-state index in [1.807, 2.05) is 18.4 Å². The van der Waals surface area contributed by atoms with Crippen molar-refractivity contribution >= 4 is 29.2 Å². The van der Waals surface area contributed by atoms with Crippen LogP contribution in [0, 0.1) is 10.1 Å². The SMILES string of the molecule is CSc1ccc(NC(=O)OCc2ccccc2[N+](=O)[O-])cc1. The van der Waals surface area contributed by atoms with Crippen LogP contribution in [0.1, 0.15) is 5.56 Å². The fourth-order valence-electron chi connectivity index (χ4n) is 1.78. The molecule has 0 saturated carbocycles. The minimum Gasteiger partial charge on any atom is -0.444 e. The lowest BCUT2D eigenvalue weighted by molar-refractivity contribution is -0.385. The Kier molecular flexibility index (Phi) is 5.37. The molecule has 0 radical (unpaired) electrons. The van der Waals surface area contributed by atoms with Gasteiger partial charge in [-0.15, -0.1) is 11.8 Å². The second-order valence-electron chi connectivity index (χ2n) is 4.32. The van der Waals surface area contributed by atoms with Crippen molar-refractivity contribution in [3.8, 4) is 0 Å². The largest absolute Gasteiger partial charge is 0.444 e. The van der Waals surface area contributed by atoms with E-state index in [-0.39, 0.29) is 12.3 Å². The first-order valence-corrected chi connectivity index (χ1v) is 7.63. The predicted molar refractivity (Wildman–Crippen MR) is 85.1 cm³/mol. The first kappa shape index (κ1) is 15.8. The van der Waals surface area contributed by atoms with E-state index in [9.17, 15) is 14.9 Å². The van der Waals surface area contributed by atoms with Gasteiger partial charge in [0.05, 0.1) is 10.5 Å². The molecule has 2 aromatic rings. The molecule has 0 saturated heterocycles. The molecule has 0 fully saturated rings. The first-order valence-electron chi connectivity index (χ1n) is 6.40. The number of benzene rings is 2. The van der Waals surface area contributed by atoms with Crippen molar-refractivity contribution in [2.75, 3.05) is 11.6 Å². The molecule has 0 aliphatic rings. The molecule has 0 spiro atoms. The summed E-state index contributed by atoms with van der Waals surface area (Å²) in [7, 11) is 0. The summed E-state index contributed by atoms with van der Waals surface area (Å²) in [5.41, 5.74) is 0.880. The van der Waals surface area contributed by atoms with Crippen LogP contribution in [0.25, 0.3) is 0 Å². The average molecular weight is 318 g/mol. The van der Waals surface area contributed by atoms with Crippen molar-refractivity contribution in [1.29, 1.82) is 0 Å². The summed E-state index contributed by atoms with van der Waals surface area (Å²) < 4.78 is 5.02. The monoisotopic (exact) mass is 318 g/mol. The van der Waals surface area contributed by atoms with Crippen LogP contribution in [0.5, 0.6) is 0 Å². The van der Waals surface area contributed by atoms with Gasteiger partial charge in [-0.2, -0.15) is 0 Å². The number of hydrogen-bond donors (Lipinski definition) is 1. The van der Waals surface area contributed by atoms with Gasteiger partial charge in [-0.3, -0.25) is 15.4 Å². The van der Waals surface area contributed by atoms with E-state index in [0.29, 0.717) is 11.3 Å². The number of anilines is 1. The van der Waals surface area contributed by atoms with Crippen LogP contribution < -0.4 is 5.32 Å². The standard InChI is InChI=1S/C15H14N2O4S/c1-22-13-8-6-12(7-9-13)16-15(18)21-10-11-4-2-3-5-14(11)17(19)20/h2-9H,10H2,1H3,(H,16,18). The number of hydrogen-bond acceptors (Lipinski definition) is 5. The lowest BCUT2D eigenvalue weighted by Gasteiger charge is -2.08. The minimum absolute atomic E-state index is 0.0698. The fourth-order valence-corrected chi connectivity index (χ4v) is 2.19. The highest BCUT2D eigenvalue weighted by Gasteiger charge is 2.14. The number of nitro benzene ring substituents is 1. The molecule has 2 rings (SSSR count). The maximum Gasteiger partial charge on any atom is 0.411 e. The molecule has 0 atom stereocenters. The highest BCUT2D eigenvalue weighted by molar-refractivity contribution is 7.98. The maximum absolute atomic E-state index is 11.7. The molecule has 0 aromatic heterocycles. The number of para-hydroxylation sites is 1. The number of rotatable bonds is 5. The molecule has 1 N–H and O–H groups in total. The second-order valence-corrected chi connectivity index (χ2v) is 5.20. The summed E-state index contributed by atoms with van der Waals surface area (Å²) in [6.45, 7) is -0.161. The molecule has 0 heterocycles. The van der Waals surface area contributed by atoms with Crippen molar-refractivity contribution in [3.63, 3.8) is 0 Å². The van der Waals surface area contributed by atoms with Crippen LogP contribution in [-0.4, -0.2) is 17.3 Å². The molecule has 22 heavy (non-hydrogen) atoms. The predicted octanol–water partition coefficient (Wildman–Crippen LogP) is 4.07. The third kappa shape index (κ3) is 4.23. The van der Waals surface area contributed by atoms with Gasteiger partial charge in [0, 0.05) is 16.6 Å². The molecule has 6 nitrogen and oxygen atoms in total. The molecular formula is C15H14N2O4S. The van der Waals surface area contributed by atoms with Crippen LogP contribution in [0.15, 0.2) is 53.4 Å². The van der Waals surface area contributed by atoms with Gasteiger partial charge in [0.1, 0.15) is 6.61 Å². The molecule has 0 aliphatic carbocycles. The van der Waals surface area contributed by atoms with Gasteiger partial charge < -0.3 is 4.74 Å². The van der Waals surface area contributed by atoms with Gasteiger partial charge in [0.25, 0.3) is 5.69 Å². The normalized spacial score (nSPS) is 10.0. The van der Waals surface area contributed by atoms with Crippen LogP contribution in [-0.2, 0) is 11.3 Å². The summed E-state index contributed by atoms with van der Waals surface area (Å²) in [6, 6.07) is 13.4. The van der Waals surface area contributed by atoms with Crippen LogP contribution in [0.4, 0.5) is 16.2 Å². The number of nitro groups is 1. The maximum atomic E-state index is 11.7. The minimum atomic E-state index is -0.657. The number of carbonyl (C=O) groups excluding carboxylic acids is 1. The summed E-state index contributed by atoms with van der Waals surface area (Å²) in [5.74, 6) is 0. The van der Waals surface area contributed by atoms with Gasteiger partial charge in [-0.25, -0.2) is 4.79 Å². The lowest BCUT2D eigenvalue weighted by Crippen LogP contribution is -2.13. The van der Waals surface area contributed by atoms with E-state index < -0.39 is 11.0 Å². The van der Waals surface area contributed by atoms with E-state index in [0.717, 1.165) is 4.90 Å². The Labute approximate surface area is 131 Å². The molecule has 7 heteroatoms. The van der Waals surface area contributed by atoms with Gasteiger partial charge in [0.2, 0.25) is 0 Å². The van der Waals surface area contributed by atoms with E-state index in [2.05, 4.69) is 5.32 Å². The van der Waals surface area contributed by atoms with E-state index in [1.165, 1.54) is 6.07 Å². The summed E-state index contributed by atoms with van der Waals surface area (Å²) >= 11 is 1.60. The van der Waals surface area contributed by atoms with E-state index in [1.54, 1.807) is 42.1 Å². The van der Waals surface area contributed by atoms with E-state index in [4.69, 9.17) is 4.74 Å². The Morgan fingerprint density at radius 2 is 1.91 bits per heavy atom. The number of ether oxygens (including phenoxy) is 1. The van der Waals surface area contributed by atoms with Crippen LogP contribution >= 0.6 is 11.8 Å². The Morgan fingerprint density at radius 3 is 2.55 bits per heavy atom. The molecule has 1 amide bonds. The number of carbonyl (C=O) groups is 1. The smallest absolute Gasteiger partial charge is 0.411 e. The molecule has 0 bridgehead atoms. The van der Waals surface area contributed by atoms with Crippen molar-refractivity contribution in [2.45, 2.75) is 11.5 Å². The third-order valence-corrected chi connectivity index (χ3v) is 3.63. The van der Waals surface area contributed by atoms with Crippen LogP contribution in [0.2, 0.25) is 0 Å². The Bertz CT molecular complexity index is 673. The average Bonchev–Trinajstić information content (AvgIpc) is 2.54. The Balaban J connectivity index is 1.94. The zero-order chi connectivity index (χ0) is 15.9. The first-order chi connectivity index (χ1) is 10.6. The second kappa shape index (κ2) is 7.46. The Morgan fingerprint density at radius 1 is 1.23 bits per heavy atom. The van der Waals surface area contributed by atoms with Gasteiger partial charge in [-0.05, 0) is 36.6 Å². The quantitative estimate of drug-likeness (QED) is 0.510.